The van der Waals surface area contributed by atoms with Gasteiger partial charge in [0.2, 0.25) is 5.88 Å². The van der Waals surface area contributed by atoms with Crippen molar-refractivity contribution in [2.75, 3.05) is 13.1 Å². The normalized spacial score (nSPS) is 17.4. The summed E-state index contributed by atoms with van der Waals surface area (Å²) in [4.78, 5) is 26.0. The molecule has 3 N–H and O–H groups in total. The molecule has 0 bridgehead atoms. The highest BCUT2D eigenvalue weighted by atomic mass is 16.5. The van der Waals surface area contributed by atoms with Crippen molar-refractivity contribution in [2.24, 2.45) is 0 Å². The molecular formula is C10H13N3O5. The molecule has 2 rings (SSSR count). The average Bonchev–Trinajstić information content (AvgIpc) is 2.84. The van der Waals surface area contributed by atoms with E-state index in [4.69, 9.17) is 24.5 Å². The Hall–Kier alpha value is -2.22. The Kier molecular flexibility index (Phi) is 5.52. The third-order valence-corrected chi connectivity index (χ3v) is 2.04. The monoisotopic (exact) mass is 255 g/mol. The number of hydrogen-bond donors (Lipinski definition) is 3. The van der Waals surface area contributed by atoms with Crippen LogP contribution in [0, 0.1) is 0 Å². The van der Waals surface area contributed by atoms with Gasteiger partial charge < -0.3 is 20.3 Å². The van der Waals surface area contributed by atoms with Crippen molar-refractivity contribution in [2.45, 2.75) is 12.5 Å². The van der Waals surface area contributed by atoms with Gasteiger partial charge in [-0.05, 0) is 13.0 Å². The van der Waals surface area contributed by atoms with Gasteiger partial charge in [-0.2, -0.15) is 0 Å². The van der Waals surface area contributed by atoms with Crippen LogP contribution in [0.5, 0.6) is 5.88 Å². The second-order valence-electron chi connectivity index (χ2n) is 3.39. The summed E-state index contributed by atoms with van der Waals surface area (Å²) in [6.45, 7) is 1.96. The van der Waals surface area contributed by atoms with Crippen LogP contribution in [0.25, 0.3) is 0 Å². The molecule has 1 saturated heterocycles. The first-order valence-corrected chi connectivity index (χ1v) is 5.19. The summed E-state index contributed by atoms with van der Waals surface area (Å²) < 4.78 is 5.56. The molecule has 1 aromatic heterocycles. The number of rotatable bonds is 2. The van der Waals surface area contributed by atoms with E-state index in [9.17, 15) is 0 Å². The van der Waals surface area contributed by atoms with Crippen LogP contribution in [0.15, 0.2) is 18.6 Å². The number of ether oxygens (including phenoxy) is 1. The number of nitrogens with one attached hydrogen (secondary N) is 1. The van der Waals surface area contributed by atoms with Crippen molar-refractivity contribution >= 4 is 11.9 Å². The van der Waals surface area contributed by atoms with E-state index in [1.165, 1.54) is 6.33 Å². The van der Waals surface area contributed by atoms with Crippen molar-refractivity contribution < 1.29 is 24.5 Å². The molecule has 8 heteroatoms. The molecule has 0 aliphatic carbocycles. The van der Waals surface area contributed by atoms with Crippen LogP contribution < -0.4 is 10.1 Å². The van der Waals surface area contributed by atoms with Crippen LogP contribution in [0.3, 0.4) is 0 Å². The van der Waals surface area contributed by atoms with Crippen LogP contribution in [-0.4, -0.2) is 51.3 Å². The fraction of sp³-hybridized carbons (Fsp3) is 0.400. The number of carboxylic acid groups (broad SMARTS) is 2. The van der Waals surface area contributed by atoms with Crippen LogP contribution in [0.2, 0.25) is 0 Å². The van der Waals surface area contributed by atoms with Crippen molar-refractivity contribution in [1.29, 1.82) is 0 Å². The lowest BCUT2D eigenvalue weighted by molar-refractivity contribution is -0.159. The van der Waals surface area contributed by atoms with Gasteiger partial charge in [-0.15, -0.1) is 0 Å². The maximum atomic E-state index is 9.10. The predicted molar refractivity (Wildman–Crippen MR) is 59.2 cm³/mol. The molecule has 8 nitrogen and oxygen atoms in total. The molecule has 0 spiro atoms. The van der Waals surface area contributed by atoms with E-state index in [1.54, 1.807) is 12.3 Å². The summed E-state index contributed by atoms with van der Waals surface area (Å²) in [5, 5.41) is 18.0. The van der Waals surface area contributed by atoms with Crippen LogP contribution in [0.1, 0.15) is 6.42 Å². The van der Waals surface area contributed by atoms with E-state index in [1.807, 2.05) is 0 Å². The SMILES string of the molecule is O=C(O)C(=O)O.c1cc(O[C@@H]2CCNC2)ncn1. The topological polar surface area (TPSA) is 122 Å². The lowest BCUT2D eigenvalue weighted by Crippen LogP contribution is -2.19. The third kappa shape index (κ3) is 5.21. The Labute approximate surface area is 103 Å². The van der Waals surface area contributed by atoms with Crippen LogP contribution >= 0.6 is 0 Å². The first kappa shape index (κ1) is 13.8. The van der Waals surface area contributed by atoms with Gasteiger partial charge in [0.1, 0.15) is 12.4 Å². The molecule has 0 radical (unpaired) electrons. The maximum Gasteiger partial charge on any atom is 0.414 e. The Morgan fingerprint density at radius 1 is 1.39 bits per heavy atom. The summed E-state index contributed by atoms with van der Waals surface area (Å²) in [7, 11) is 0. The molecule has 1 aromatic rings. The lowest BCUT2D eigenvalue weighted by atomic mass is 10.3. The molecule has 1 aliphatic rings. The van der Waals surface area contributed by atoms with Crippen molar-refractivity contribution in [3.8, 4) is 5.88 Å². The molecule has 1 aliphatic heterocycles. The number of hydrogen-bond acceptors (Lipinski definition) is 6. The molecule has 0 aromatic carbocycles. The van der Waals surface area contributed by atoms with Gasteiger partial charge in [0.15, 0.2) is 0 Å². The van der Waals surface area contributed by atoms with E-state index in [0.29, 0.717) is 5.88 Å². The van der Waals surface area contributed by atoms with Gasteiger partial charge in [0, 0.05) is 18.8 Å². The smallest absolute Gasteiger partial charge is 0.414 e. The minimum absolute atomic E-state index is 0.278. The highest BCUT2D eigenvalue weighted by molar-refractivity contribution is 6.27. The summed E-state index contributed by atoms with van der Waals surface area (Å²) in [6, 6.07) is 1.78. The van der Waals surface area contributed by atoms with Gasteiger partial charge in [0.25, 0.3) is 0 Å². The standard InChI is InChI=1S/C8H11N3O.C2H2O4/c1-3-9-5-7(1)12-8-2-4-10-6-11-8;3-1(4)2(5)6/h2,4,6-7,9H,1,3,5H2;(H,3,4)(H,5,6)/t7-;/m1./s1. The summed E-state index contributed by atoms with van der Waals surface area (Å²) >= 11 is 0. The molecule has 0 amide bonds. The lowest BCUT2D eigenvalue weighted by Gasteiger charge is -2.09. The van der Waals surface area contributed by atoms with E-state index in [2.05, 4.69) is 15.3 Å². The Balaban J connectivity index is 0.000000232. The third-order valence-electron chi connectivity index (χ3n) is 2.04. The van der Waals surface area contributed by atoms with Crippen molar-refractivity contribution in [3.63, 3.8) is 0 Å². The van der Waals surface area contributed by atoms with Crippen LogP contribution in [-0.2, 0) is 9.59 Å². The Bertz CT molecular complexity index is 380. The summed E-state index contributed by atoms with van der Waals surface area (Å²) in [6.07, 6.45) is 4.52. The number of aliphatic carboxylic acids is 2. The number of carbonyl (C=O) groups is 2. The average molecular weight is 255 g/mol. The minimum Gasteiger partial charge on any atom is -0.473 e. The highest BCUT2D eigenvalue weighted by Gasteiger charge is 2.15. The number of carboxylic acids is 2. The zero-order valence-corrected chi connectivity index (χ0v) is 9.44. The second-order valence-corrected chi connectivity index (χ2v) is 3.39. The van der Waals surface area contributed by atoms with Gasteiger partial charge in [0.05, 0.1) is 0 Å². The Morgan fingerprint density at radius 2 is 2.11 bits per heavy atom. The summed E-state index contributed by atoms with van der Waals surface area (Å²) in [5.74, 6) is -2.98. The van der Waals surface area contributed by atoms with Gasteiger partial charge in [-0.1, -0.05) is 0 Å². The zero-order chi connectivity index (χ0) is 13.4. The molecule has 18 heavy (non-hydrogen) atoms. The quantitative estimate of drug-likeness (QED) is 0.597. The molecular weight excluding hydrogens is 242 g/mol. The van der Waals surface area contributed by atoms with Crippen molar-refractivity contribution in [1.82, 2.24) is 15.3 Å². The van der Waals surface area contributed by atoms with Gasteiger partial charge in [-0.3, -0.25) is 0 Å². The van der Waals surface area contributed by atoms with E-state index in [-0.39, 0.29) is 6.10 Å². The molecule has 1 atom stereocenters. The Morgan fingerprint density at radius 3 is 2.56 bits per heavy atom. The first-order chi connectivity index (χ1) is 8.59. The largest absolute Gasteiger partial charge is 0.473 e. The minimum atomic E-state index is -1.82. The molecule has 2 heterocycles. The van der Waals surface area contributed by atoms with Crippen LogP contribution in [0.4, 0.5) is 0 Å². The molecule has 98 valence electrons. The molecule has 0 saturated carbocycles. The van der Waals surface area contributed by atoms with E-state index in [0.717, 1.165) is 19.5 Å². The number of aromatic nitrogens is 2. The van der Waals surface area contributed by atoms with Gasteiger partial charge >= 0.3 is 11.9 Å². The van der Waals surface area contributed by atoms with Gasteiger partial charge in [-0.25, -0.2) is 19.6 Å². The van der Waals surface area contributed by atoms with E-state index >= 15 is 0 Å². The second kappa shape index (κ2) is 7.17. The predicted octanol–water partition coefficient (Wildman–Crippen LogP) is -0.627. The molecule has 1 fully saturated rings. The summed E-state index contributed by atoms with van der Waals surface area (Å²) in [5.41, 5.74) is 0. The first-order valence-electron chi connectivity index (χ1n) is 5.19. The fourth-order valence-electron chi connectivity index (χ4n) is 1.25. The van der Waals surface area contributed by atoms with E-state index < -0.39 is 11.9 Å². The highest BCUT2D eigenvalue weighted by Crippen LogP contribution is 2.09. The molecule has 0 unspecified atom stereocenters. The van der Waals surface area contributed by atoms with Crippen molar-refractivity contribution in [3.05, 3.63) is 18.6 Å². The maximum absolute atomic E-state index is 9.10. The fourth-order valence-corrected chi connectivity index (χ4v) is 1.25. The number of nitrogens with zero attached hydrogens (tertiary/aromatic N) is 2. The zero-order valence-electron chi connectivity index (χ0n) is 9.44.